The van der Waals surface area contributed by atoms with Crippen molar-refractivity contribution in [2.45, 2.75) is 25.7 Å². The maximum Gasteiger partial charge on any atom is 0.328 e. The summed E-state index contributed by atoms with van der Waals surface area (Å²) < 4.78 is 0. The summed E-state index contributed by atoms with van der Waals surface area (Å²) in [7, 11) is 0. The van der Waals surface area contributed by atoms with Crippen molar-refractivity contribution >= 4 is 23.1 Å². The van der Waals surface area contributed by atoms with E-state index in [1.54, 1.807) is 0 Å². The molecule has 0 saturated heterocycles. The molecule has 98 valence electrons. The molecular weight excluding hydrogens is 242 g/mol. The first-order chi connectivity index (χ1) is 9.13. The van der Waals surface area contributed by atoms with E-state index in [9.17, 15) is 9.59 Å². The van der Waals surface area contributed by atoms with E-state index in [0.29, 0.717) is 12.3 Å². The number of anilines is 1. The molecule has 0 radical (unpaired) electrons. The van der Waals surface area contributed by atoms with Crippen LogP contribution in [0.25, 0.3) is 5.57 Å². The van der Waals surface area contributed by atoms with Crippen LogP contribution in [0.5, 0.6) is 0 Å². The van der Waals surface area contributed by atoms with E-state index in [1.165, 1.54) is 6.08 Å². The molecular formula is C15H15NO3. The molecule has 0 spiro atoms. The topological polar surface area (TPSA) is 66.4 Å². The van der Waals surface area contributed by atoms with Crippen LogP contribution in [0.15, 0.2) is 24.3 Å². The van der Waals surface area contributed by atoms with Gasteiger partial charge in [-0.05, 0) is 54.0 Å². The van der Waals surface area contributed by atoms with Crippen molar-refractivity contribution in [2.24, 2.45) is 5.92 Å². The van der Waals surface area contributed by atoms with Gasteiger partial charge >= 0.3 is 5.97 Å². The molecule has 19 heavy (non-hydrogen) atoms. The largest absolute Gasteiger partial charge is 0.478 e. The van der Waals surface area contributed by atoms with Crippen molar-refractivity contribution in [3.8, 4) is 0 Å². The third-order valence-electron chi connectivity index (χ3n) is 3.63. The number of aliphatic carboxylic acids is 1. The first-order valence-electron chi connectivity index (χ1n) is 6.51. The van der Waals surface area contributed by atoms with Crippen LogP contribution in [0.2, 0.25) is 0 Å². The lowest BCUT2D eigenvalue weighted by Crippen LogP contribution is -2.18. The molecule has 4 heteroatoms. The predicted molar refractivity (Wildman–Crippen MR) is 71.7 cm³/mol. The number of carboxylic acid groups (broad SMARTS) is 1. The Morgan fingerprint density at radius 2 is 2.11 bits per heavy atom. The lowest BCUT2D eigenvalue weighted by Gasteiger charge is -2.18. The number of hydrogen-bond donors (Lipinski definition) is 2. The summed E-state index contributed by atoms with van der Waals surface area (Å²) in [6.45, 7) is 0. The highest BCUT2D eigenvalue weighted by Crippen LogP contribution is 2.42. The van der Waals surface area contributed by atoms with Crippen LogP contribution in [0.4, 0.5) is 5.69 Å². The number of fused-ring (bicyclic) bond motifs is 1. The van der Waals surface area contributed by atoms with Crippen molar-refractivity contribution in [3.05, 3.63) is 35.4 Å². The molecule has 1 saturated carbocycles. The van der Waals surface area contributed by atoms with Gasteiger partial charge in [-0.1, -0.05) is 6.07 Å². The fourth-order valence-corrected chi connectivity index (χ4v) is 2.53. The van der Waals surface area contributed by atoms with Crippen LogP contribution in [-0.4, -0.2) is 17.0 Å². The van der Waals surface area contributed by atoms with E-state index in [2.05, 4.69) is 5.32 Å². The predicted octanol–water partition coefficient (Wildman–Crippen LogP) is 2.45. The Labute approximate surface area is 111 Å². The van der Waals surface area contributed by atoms with Gasteiger partial charge < -0.3 is 10.4 Å². The molecule has 1 aromatic rings. The van der Waals surface area contributed by atoms with E-state index in [0.717, 1.165) is 41.6 Å². The standard InChI is InChI=1S/C15H15NO3/c17-14-6-4-11-7-10(3-5-13(11)16-14)12(8-15(18)19)9-1-2-9/h3,5,7-9H,1-2,4,6H2,(H,16,17)(H,18,19)/b12-8+. The monoisotopic (exact) mass is 257 g/mol. The minimum absolute atomic E-state index is 0.0451. The second-order valence-corrected chi connectivity index (χ2v) is 5.13. The quantitative estimate of drug-likeness (QED) is 0.817. The van der Waals surface area contributed by atoms with Gasteiger partial charge in [-0.3, -0.25) is 4.79 Å². The summed E-state index contributed by atoms with van der Waals surface area (Å²) in [5.74, 6) is -0.469. The second-order valence-electron chi connectivity index (χ2n) is 5.13. The number of allylic oxidation sites excluding steroid dienone is 1. The zero-order chi connectivity index (χ0) is 13.4. The Morgan fingerprint density at radius 3 is 2.79 bits per heavy atom. The zero-order valence-corrected chi connectivity index (χ0v) is 10.5. The van der Waals surface area contributed by atoms with Crippen molar-refractivity contribution < 1.29 is 14.7 Å². The van der Waals surface area contributed by atoms with Gasteiger partial charge in [-0.15, -0.1) is 0 Å². The van der Waals surface area contributed by atoms with E-state index in [4.69, 9.17) is 5.11 Å². The summed E-state index contributed by atoms with van der Waals surface area (Å²) >= 11 is 0. The van der Waals surface area contributed by atoms with Crippen LogP contribution in [-0.2, 0) is 16.0 Å². The number of nitrogens with one attached hydrogen (secondary N) is 1. The normalized spacial score (nSPS) is 18.7. The fourth-order valence-electron chi connectivity index (χ4n) is 2.53. The number of carbonyl (C=O) groups excluding carboxylic acids is 1. The number of carbonyl (C=O) groups is 2. The third-order valence-corrected chi connectivity index (χ3v) is 3.63. The number of benzene rings is 1. The second kappa shape index (κ2) is 4.53. The molecule has 0 bridgehead atoms. The zero-order valence-electron chi connectivity index (χ0n) is 10.5. The summed E-state index contributed by atoms with van der Waals surface area (Å²) in [6.07, 6.45) is 4.67. The Balaban J connectivity index is 1.96. The Hall–Kier alpha value is -2.10. The van der Waals surface area contributed by atoms with Gasteiger partial charge in [0.15, 0.2) is 0 Å². The van der Waals surface area contributed by atoms with Crippen molar-refractivity contribution in [1.82, 2.24) is 0 Å². The molecule has 2 N–H and O–H groups in total. The summed E-state index contributed by atoms with van der Waals surface area (Å²) in [5.41, 5.74) is 3.83. The number of aryl methyl sites for hydroxylation is 1. The van der Waals surface area contributed by atoms with Crippen molar-refractivity contribution in [3.63, 3.8) is 0 Å². The molecule has 1 aromatic carbocycles. The van der Waals surface area contributed by atoms with E-state index in [-0.39, 0.29) is 5.91 Å². The molecule has 1 fully saturated rings. The molecule has 0 atom stereocenters. The molecule has 4 nitrogen and oxygen atoms in total. The molecule has 1 amide bonds. The smallest absolute Gasteiger partial charge is 0.328 e. The number of carboxylic acids is 1. The Kier molecular flexibility index (Phi) is 2.85. The van der Waals surface area contributed by atoms with E-state index >= 15 is 0 Å². The lowest BCUT2D eigenvalue weighted by atomic mass is 9.94. The molecule has 2 aliphatic rings. The van der Waals surface area contributed by atoms with Gasteiger partial charge in [0.1, 0.15) is 0 Å². The molecule has 3 rings (SSSR count). The van der Waals surface area contributed by atoms with Crippen LogP contribution < -0.4 is 5.32 Å². The van der Waals surface area contributed by atoms with Gasteiger partial charge in [0.25, 0.3) is 0 Å². The van der Waals surface area contributed by atoms with Crippen LogP contribution >= 0.6 is 0 Å². The van der Waals surface area contributed by atoms with Gasteiger partial charge in [-0.25, -0.2) is 4.79 Å². The van der Waals surface area contributed by atoms with Crippen LogP contribution in [0.1, 0.15) is 30.4 Å². The summed E-state index contributed by atoms with van der Waals surface area (Å²) in [4.78, 5) is 22.2. The highest BCUT2D eigenvalue weighted by atomic mass is 16.4. The first kappa shape index (κ1) is 12.0. The highest BCUT2D eigenvalue weighted by molar-refractivity contribution is 5.95. The van der Waals surface area contributed by atoms with Crippen LogP contribution in [0, 0.1) is 5.92 Å². The van der Waals surface area contributed by atoms with Gasteiger partial charge in [0.05, 0.1) is 0 Å². The average Bonchev–Trinajstić information content (AvgIpc) is 3.19. The summed E-state index contributed by atoms with van der Waals surface area (Å²) in [6, 6.07) is 5.79. The van der Waals surface area contributed by atoms with E-state index in [1.807, 2.05) is 18.2 Å². The maximum atomic E-state index is 11.3. The molecule has 1 aliphatic carbocycles. The van der Waals surface area contributed by atoms with Crippen molar-refractivity contribution in [1.29, 1.82) is 0 Å². The molecule has 1 aliphatic heterocycles. The average molecular weight is 257 g/mol. The molecule has 1 heterocycles. The minimum atomic E-state index is -0.895. The van der Waals surface area contributed by atoms with Crippen LogP contribution in [0.3, 0.4) is 0 Å². The first-order valence-corrected chi connectivity index (χ1v) is 6.51. The third kappa shape index (κ3) is 2.52. The highest BCUT2D eigenvalue weighted by Gasteiger charge is 2.28. The van der Waals surface area contributed by atoms with E-state index < -0.39 is 5.97 Å². The summed E-state index contributed by atoms with van der Waals surface area (Å²) in [5, 5.41) is 11.8. The Morgan fingerprint density at radius 1 is 1.32 bits per heavy atom. The minimum Gasteiger partial charge on any atom is -0.478 e. The number of amides is 1. The number of hydrogen-bond acceptors (Lipinski definition) is 2. The van der Waals surface area contributed by atoms with Gasteiger partial charge in [-0.2, -0.15) is 0 Å². The van der Waals surface area contributed by atoms with Gasteiger partial charge in [0.2, 0.25) is 5.91 Å². The SMILES string of the molecule is O=C(O)/C=C(/c1ccc2c(c1)CCC(=O)N2)C1CC1. The Bertz CT molecular complexity index is 585. The van der Waals surface area contributed by atoms with Crippen molar-refractivity contribution in [2.75, 3.05) is 5.32 Å². The lowest BCUT2D eigenvalue weighted by molar-refractivity contribution is -0.131. The maximum absolute atomic E-state index is 11.3. The van der Waals surface area contributed by atoms with Gasteiger partial charge in [0, 0.05) is 18.2 Å². The fraction of sp³-hybridized carbons (Fsp3) is 0.333. The molecule has 0 aromatic heterocycles. The number of rotatable bonds is 3. The molecule has 0 unspecified atom stereocenters.